The van der Waals surface area contributed by atoms with E-state index >= 15 is 0 Å². The van der Waals surface area contributed by atoms with Gasteiger partial charge in [0.05, 0.1) is 0 Å². The van der Waals surface area contributed by atoms with E-state index < -0.39 is 11.9 Å². The highest BCUT2D eigenvalue weighted by Gasteiger charge is 1.92. The summed E-state index contributed by atoms with van der Waals surface area (Å²) in [6.07, 6.45) is 17.4. The first kappa shape index (κ1) is 20.7. The van der Waals surface area contributed by atoms with Crippen LogP contribution in [0.15, 0.2) is 12.2 Å². The smallest absolute Gasteiger partial charge is 0.0414 e. The van der Waals surface area contributed by atoms with Crippen LogP contribution in [0.4, 0.5) is 0 Å². The number of carbonyl (C=O) groups is 2. The Labute approximate surface area is 134 Å². The molecule has 0 atom stereocenters. The predicted molar refractivity (Wildman–Crippen MR) is 83.8 cm³/mol. The molecule has 0 rings (SSSR count). The highest BCUT2D eigenvalue weighted by Crippen LogP contribution is 2.09. The van der Waals surface area contributed by atoms with Crippen molar-refractivity contribution in [1.82, 2.24) is 0 Å². The van der Waals surface area contributed by atoms with E-state index in [9.17, 15) is 19.8 Å². The molecule has 0 aromatic rings. The lowest BCUT2D eigenvalue weighted by Gasteiger charge is -2.02. The van der Waals surface area contributed by atoms with Gasteiger partial charge in [0.15, 0.2) is 0 Å². The predicted octanol–water partition coefficient (Wildman–Crippen LogP) is 2.50. The van der Waals surface area contributed by atoms with Crippen LogP contribution < -0.4 is 10.2 Å². The van der Waals surface area contributed by atoms with Crippen molar-refractivity contribution in [2.45, 2.75) is 89.9 Å². The van der Waals surface area contributed by atoms with Crippen LogP contribution in [-0.2, 0) is 9.59 Å². The Morgan fingerprint density at radius 2 is 0.864 bits per heavy atom. The highest BCUT2D eigenvalue weighted by atomic mass is 16.4. The molecule has 128 valence electrons. The maximum Gasteiger partial charge on any atom is 0.0414 e. The van der Waals surface area contributed by atoms with E-state index in [2.05, 4.69) is 12.2 Å². The van der Waals surface area contributed by atoms with Crippen molar-refractivity contribution in [3.8, 4) is 0 Å². The fourth-order valence-corrected chi connectivity index (χ4v) is 2.36. The Kier molecular flexibility index (Phi) is 15.1. The van der Waals surface area contributed by atoms with E-state index in [4.69, 9.17) is 0 Å². The average molecular weight is 310 g/mol. The Morgan fingerprint density at radius 3 is 1.23 bits per heavy atom. The van der Waals surface area contributed by atoms with Gasteiger partial charge in [-0.3, -0.25) is 0 Å². The molecule has 22 heavy (non-hydrogen) atoms. The van der Waals surface area contributed by atoms with Crippen LogP contribution in [-0.4, -0.2) is 11.9 Å². The molecular weight excluding hydrogens is 280 g/mol. The molecule has 0 aliphatic carbocycles. The van der Waals surface area contributed by atoms with E-state index in [0.29, 0.717) is 0 Å². The van der Waals surface area contributed by atoms with Crippen LogP contribution in [0.5, 0.6) is 0 Å². The summed E-state index contributed by atoms with van der Waals surface area (Å²) in [6.45, 7) is 0. The average Bonchev–Trinajstić information content (AvgIpc) is 2.46. The Bertz CT molecular complexity index is 280. The molecule has 0 saturated carbocycles. The SMILES string of the molecule is O=C([O-])CCCCCCC/C=C\CCCCCCCC(=O)[O-]. The Hall–Kier alpha value is -1.32. The number of carboxylic acids is 2. The van der Waals surface area contributed by atoms with Crippen LogP contribution in [0.1, 0.15) is 89.9 Å². The molecule has 0 aromatic carbocycles. The van der Waals surface area contributed by atoms with Gasteiger partial charge in [0.2, 0.25) is 0 Å². The monoisotopic (exact) mass is 310 g/mol. The van der Waals surface area contributed by atoms with Gasteiger partial charge < -0.3 is 19.8 Å². The number of aliphatic carboxylic acids is 2. The molecule has 0 spiro atoms. The number of allylic oxidation sites excluding steroid dienone is 2. The summed E-state index contributed by atoms with van der Waals surface area (Å²) in [7, 11) is 0. The number of rotatable bonds is 16. The summed E-state index contributed by atoms with van der Waals surface area (Å²) in [6, 6.07) is 0. The van der Waals surface area contributed by atoms with E-state index in [0.717, 1.165) is 64.2 Å². The number of carboxylic acid groups (broad SMARTS) is 2. The third kappa shape index (κ3) is 18.7. The van der Waals surface area contributed by atoms with Crippen molar-refractivity contribution in [3.63, 3.8) is 0 Å². The number of hydrogen-bond acceptors (Lipinski definition) is 4. The Balaban J connectivity index is 3.12. The third-order valence-corrected chi connectivity index (χ3v) is 3.67. The summed E-state index contributed by atoms with van der Waals surface area (Å²) < 4.78 is 0. The van der Waals surface area contributed by atoms with Gasteiger partial charge in [0.1, 0.15) is 0 Å². The minimum atomic E-state index is -0.943. The quantitative estimate of drug-likeness (QED) is 0.324. The fraction of sp³-hybridized carbons (Fsp3) is 0.778. The molecule has 0 N–H and O–H groups in total. The number of carbonyl (C=O) groups excluding carboxylic acids is 2. The second-order valence-electron chi connectivity index (χ2n) is 5.83. The normalized spacial score (nSPS) is 11.1. The lowest BCUT2D eigenvalue weighted by Crippen LogP contribution is -2.21. The minimum Gasteiger partial charge on any atom is -0.550 e. The largest absolute Gasteiger partial charge is 0.550 e. The van der Waals surface area contributed by atoms with Gasteiger partial charge in [-0.1, -0.05) is 50.7 Å². The summed E-state index contributed by atoms with van der Waals surface area (Å²) >= 11 is 0. The molecule has 0 aliphatic heterocycles. The van der Waals surface area contributed by atoms with Gasteiger partial charge >= 0.3 is 0 Å². The van der Waals surface area contributed by atoms with Crippen molar-refractivity contribution < 1.29 is 19.8 Å². The molecule has 0 aromatic heterocycles. The van der Waals surface area contributed by atoms with Gasteiger partial charge in [-0.2, -0.15) is 0 Å². The van der Waals surface area contributed by atoms with Crippen molar-refractivity contribution in [3.05, 3.63) is 12.2 Å². The van der Waals surface area contributed by atoms with Crippen molar-refractivity contribution in [2.24, 2.45) is 0 Å². The summed E-state index contributed by atoms with van der Waals surface area (Å²) in [4.78, 5) is 20.4. The van der Waals surface area contributed by atoms with E-state index in [-0.39, 0.29) is 12.8 Å². The minimum absolute atomic E-state index is 0.188. The zero-order valence-corrected chi connectivity index (χ0v) is 13.7. The fourth-order valence-electron chi connectivity index (χ4n) is 2.36. The summed E-state index contributed by atoms with van der Waals surface area (Å²) in [5.74, 6) is -1.89. The second kappa shape index (κ2) is 16.1. The van der Waals surface area contributed by atoms with Gasteiger partial charge in [0.25, 0.3) is 0 Å². The van der Waals surface area contributed by atoms with Gasteiger partial charge in [-0.15, -0.1) is 0 Å². The van der Waals surface area contributed by atoms with Gasteiger partial charge in [0, 0.05) is 11.9 Å². The van der Waals surface area contributed by atoms with Crippen LogP contribution in [0, 0.1) is 0 Å². The second-order valence-corrected chi connectivity index (χ2v) is 5.83. The number of hydrogen-bond donors (Lipinski definition) is 0. The molecule has 0 aliphatic rings. The number of unbranched alkanes of at least 4 members (excludes halogenated alkanes) is 10. The van der Waals surface area contributed by atoms with Crippen LogP contribution in [0.25, 0.3) is 0 Å². The van der Waals surface area contributed by atoms with Crippen LogP contribution >= 0.6 is 0 Å². The molecule has 0 saturated heterocycles. The van der Waals surface area contributed by atoms with Crippen LogP contribution in [0.2, 0.25) is 0 Å². The molecular formula is C18H30O4-2. The summed E-state index contributed by atoms with van der Waals surface area (Å²) in [5.41, 5.74) is 0. The molecule has 0 fully saturated rings. The molecule has 0 radical (unpaired) electrons. The highest BCUT2D eigenvalue weighted by molar-refractivity contribution is 5.64. The van der Waals surface area contributed by atoms with Crippen LogP contribution in [0.3, 0.4) is 0 Å². The lowest BCUT2D eigenvalue weighted by molar-refractivity contribution is -0.307. The first-order valence-electron chi connectivity index (χ1n) is 8.67. The first-order valence-corrected chi connectivity index (χ1v) is 8.67. The standard InChI is InChI=1S/C18H32O4/c19-17(20)15-13-11-9-7-5-3-1-2-4-6-8-10-12-14-16-18(21)22/h1-2H,3-16H2,(H,19,20)(H,21,22)/p-2/b2-1-. The van der Waals surface area contributed by atoms with Crippen molar-refractivity contribution in [2.75, 3.05) is 0 Å². The van der Waals surface area contributed by atoms with Crippen molar-refractivity contribution >= 4 is 11.9 Å². The topological polar surface area (TPSA) is 80.3 Å². The molecule has 0 heterocycles. The molecule has 4 heteroatoms. The van der Waals surface area contributed by atoms with Gasteiger partial charge in [-0.25, -0.2) is 0 Å². The first-order chi connectivity index (χ1) is 10.6. The maximum atomic E-state index is 10.2. The molecule has 0 bridgehead atoms. The zero-order chi connectivity index (χ0) is 16.5. The zero-order valence-electron chi connectivity index (χ0n) is 13.7. The molecule has 0 unspecified atom stereocenters. The van der Waals surface area contributed by atoms with E-state index in [1.807, 2.05) is 0 Å². The Morgan fingerprint density at radius 1 is 0.545 bits per heavy atom. The van der Waals surface area contributed by atoms with E-state index in [1.54, 1.807) is 0 Å². The third-order valence-electron chi connectivity index (χ3n) is 3.67. The van der Waals surface area contributed by atoms with E-state index in [1.165, 1.54) is 12.8 Å². The van der Waals surface area contributed by atoms with Gasteiger partial charge in [-0.05, 0) is 51.4 Å². The summed E-state index contributed by atoms with van der Waals surface area (Å²) in [5, 5.41) is 20.4. The van der Waals surface area contributed by atoms with Crippen molar-refractivity contribution in [1.29, 1.82) is 0 Å². The molecule has 0 amide bonds. The lowest BCUT2D eigenvalue weighted by atomic mass is 10.1. The molecule has 4 nitrogen and oxygen atoms in total. The maximum absolute atomic E-state index is 10.2.